The summed E-state index contributed by atoms with van der Waals surface area (Å²) in [5, 5.41) is 12.0. The van der Waals surface area contributed by atoms with Crippen LogP contribution in [0.2, 0.25) is 0 Å². The Morgan fingerprint density at radius 1 is 1.00 bits per heavy atom. The van der Waals surface area contributed by atoms with Crippen LogP contribution in [-0.4, -0.2) is 29.1 Å². The van der Waals surface area contributed by atoms with Crippen molar-refractivity contribution in [2.75, 3.05) is 0 Å². The van der Waals surface area contributed by atoms with Gasteiger partial charge in [-0.3, -0.25) is 15.0 Å². The summed E-state index contributed by atoms with van der Waals surface area (Å²) < 4.78 is 0. The van der Waals surface area contributed by atoms with Crippen LogP contribution in [0.15, 0.2) is 54.6 Å². The molecule has 6 nitrogen and oxygen atoms in total. The van der Waals surface area contributed by atoms with Crippen molar-refractivity contribution in [3.8, 4) is 11.8 Å². The Bertz CT molecular complexity index is 790. The Balaban J connectivity index is 2.07. The number of benzene rings is 2. The van der Waals surface area contributed by atoms with E-state index >= 15 is 0 Å². The van der Waals surface area contributed by atoms with Gasteiger partial charge in [-0.2, -0.15) is 0 Å². The molecule has 128 valence electrons. The highest BCUT2D eigenvalue weighted by Crippen LogP contribution is 2.05. The molecule has 0 bridgehead atoms. The van der Waals surface area contributed by atoms with E-state index in [-0.39, 0.29) is 0 Å². The third kappa shape index (κ3) is 5.18. The lowest BCUT2D eigenvalue weighted by Crippen LogP contribution is -2.54. The summed E-state index contributed by atoms with van der Waals surface area (Å²) in [4.78, 5) is 23.8. The lowest BCUT2D eigenvalue weighted by Gasteiger charge is -2.19. The lowest BCUT2D eigenvalue weighted by molar-refractivity contribution is -0.125. The summed E-state index contributed by atoms with van der Waals surface area (Å²) in [6, 6.07) is 15.1. The highest BCUT2D eigenvalue weighted by atomic mass is 16.3. The van der Waals surface area contributed by atoms with E-state index in [0.717, 1.165) is 11.1 Å². The summed E-state index contributed by atoms with van der Waals surface area (Å²) >= 11 is 0. The standard InChI is InChI=1S/C19H19N3O3/c1-13(23)17(19(25)22-20)21-18(24)16-11-9-15(10-12-16)8-7-14-5-3-2-4-6-14/h2-6,9-13,17,23H,20H2,1H3,(H,21,24)(H,22,25)/t13-,17+/m1/s1. The fraction of sp³-hybridized carbons (Fsp3) is 0.158. The molecule has 0 saturated heterocycles. The third-order valence-corrected chi connectivity index (χ3v) is 3.47. The largest absolute Gasteiger partial charge is 0.391 e. The zero-order valence-corrected chi connectivity index (χ0v) is 13.7. The van der Waals surface area contributed by atoms with Gasteiger partial charge in [0.2, 0.25) is 0 Å². The van der Waals surface area contributed by atoms with Gasteiger partial charge in [0.1, 0.15) is 6.04 Å². The van der Waals surface area contributed by atoms with Gasteiger partial charge in [0, 0.05) is 16.7 Å². The van der Waals surface area contributed by atoms with Gasteiger partial charge in [-0.1, -0.05) is 30.0 Å². The highest BCUT2D eigenvalue weighted by molar-refractivity contribution is 5.97. The van der Waals surface area contributed by atoms with E-state index in [9.17, 15) is 14.7 Å². The van der Waals surface area contributed by atoms with E-state index < -0.39 is 24.0 Å². The van der Waals surface area contributed by atoms with Gasteiger partial charge in [0.25, 0.3) is 11.8 Å². The molecule has 0 saturated carbocycles. The van der Waals surface area contributed by atoms with Crippen LogP contribution in [0.3, 0.4) is 0 Å². The number of rotatable bonds is 4. The number of aliphatic hydroxyl groups is 1. The summed E-state index contributed by atoms with van der Waals surface area (Å²) in [5.74, 6) is 9.93. The van der Waals surface area contributed by atoms with Gasteiger partial charge in [0.05, 0.1) is 6.10 Å². The molecule has 0 unspecified atom stereocenters. The fourth-order valence-electron chi connectivity index (χ4n) is 2.09. The molecule has 0 radical (unpaired) electrons. The molecule has 0 heterocycles. The minimum absolute atomic E-state index is 0.348. The van der Waals surface area contributed by atoms with Crippen molar-refractivity contribution in [1.82, 2.24) is 10.7 Å². The van der Waals surface area contributed by atoms with E-state index in [1.165, 1.54) is 6.92 Å². The molecular weight excluding hydrogens is 318 g/mol. The van der Waals surface area contributed by atoms with E-state index in [2.05, 4.69) is 17.2 Å². The van der Waals surface area contributed by atoms with Crippen molar-refractivity contribution in [1.29, 1.82) is 0 Å². The number of nitrogens with one attached hydrogen (secondary N) is 2. The number of aliphatic hydroxyl groups excluding tert-OH is 1. The minimum Gasteiger partial charge on any atom is -0.391 e. The molecule has 2 atom stereocenters. The maximum atomic E-state index is 12.2. The molecule has 0 spiro atoms. The van der Waals surface area contributed by atoms with E-state index in [0.29, 0.717) is 5.56 Å². The monoisotopic (exact) mass is 337 g/mol. The minimum atomic E-state index is -1.13. The molecule has 0 fully saturated rings. The number of nitrogens with two attached hydrogens (primary N) is 1. The van der Waals surface area contributed by atoms with E-state index in [1.54, 1.807) is 24.3 Å². The predicted molar refractivity (Wildman–Crippen MR) is 94.1 cm³/mol. The number of hydrogen-bond acceptors (Lipinski definition) is 4. The number of hydrazine groups is 1. The quantitative estimate of drug-likeness (QED) is 0.283. The van der Waals surface area contributed by atoms with Crippen molar-refractivity contribution in [3.63, 3.8) is 0 Å². The highest BCUT2D eigenvalue weighted by Gasteiger charge is 2.25. The van der Waals surface area contributed by atoms with Crippen LogP contribution in [0.25, 0.3) is 0 Å². The summed E-state index contributed by atoms with van der Waals surface area (Å²) in [6.07, 6.45) is -1.08. The fourth-order valence-corrected chi connectivity index (χ4v) is 2.09. The van der Waals surface area contributed by atoms with E-state index in [1.807, 2.05) is 35.8 Å². The average molecular weight is 337 g/mol. The number of carbonyl (C=O) groups is 2. The molecule has 0 aliphatic carbocycles. The molecule has 6 heteroatoms. The zero-order chi connectivity index (χ0) is 18.2. The van der Waals surface area contributed by atoms with Gasteiger partial charge in [-0.15, -0.1) is 0 Å². The third-order valence-electron chi connectivity index (χ3n) is 3.47. The molecule has 5 N–H and O–H groups in total. The van der Waals surface area contributed by atoms with Crippen LogP contribution in [-0.2, 0) is 4.79 Å². The molecule has 2 amide bonds. The molecule has 2 aromatic rings. The normalized spacial score (nSPS) is 12.3. The summed E-state index contributed by atoms with van der Waals surface area (Å²) in [7, 11) is 0. The van der Waals surface area contributed by atoms with Crippen molar-refractivity contribution >= 4 is 11.8 Å². The Morgan fingerprint density at radius 2 is 1.56 bits per heavy atom. The molecule has 0 aliphatic rings. The van der Waals surface area contributed by atoms with Crippen LogP contribution in [0.4, 0.5) is 0 Å². The lowest BCUT2D eigenvalue weighted by atomic mass is 10.1. The first-order chi connectivity index (χ1) is 12.0. The first-order valence-electron chi connectivity index (χ1n) is 7.68. The smallest absolute Gasteiger partial charge is 0.259 e. The predicted octanol–water partition coefficient (Wildman–Crippen LogP) is 0.556. The van der Waals surface area contributed by atoms with Crippen LogP contribution in [0.5, 0.6) is 0 Å². The molecule has 25 heavy (non-hydrogen) atoms. The van der Waals surface area contributed by atoms with Crippen molar-refractivity contribution < 1.29 is 14.7 Å². The summed E-state index contributed by atoms with van der Waals surface area (Å²) in [6.45, 7) is 1.39. The second kappa shape index (κ2) is 8.64. The maximum absolute atomic E-state index is 12.2. The zero-order valence-electron chi connectivity index (χ0n) is 13.7. The molecule has 0 aromatic heterocycles. The Kier molecular flexibility index (Phi) is 6.29. The Morgan fingerprint density at radius 3 is 2.08 bits per heavy atom. The van der Waals surface area contributed by atoms with Gasteiger partial charge in [-0.05, 0) is 43.3 Å². The van der Waals surface area contributed by atoms with Gasteiger partial charge >= 0.3 is 0 Å². The van der Waals surface area contributed by atoms with Gasteiger partial charge < -0.3 is 10.4 Å². The van der Waals surface area contributed by atoms with E-state index in [4.69, 9.17) is 5.84 Å². The molecular formula is C19H19N3O3. The Hall–Kier alpha value is -3.14. The topological polar surface area (TPSA) is 104 Å². The second-order valence-electron chi connectivity index (χ2n) is 5.39. The first kappa shape index (κ1) is 18.2. The number of carbonyl (C=O) groups excluding carboxylic acids is 2. The van der Waals surface area contributed by atoms with Crippen LogP contribution in [0.1, 0.15) is 28.4 Å². The Labute approximate surface area is 146 Å². The molecule has 0 aliphatic heterocycles. The SMILES string of the molecule is C[C@@H](O)[C@H](NC(=O)c1ccc(C#Cc2ccccc2)cc1)C(=O)NN. The molecule has 2 rings (SSSR count). The van der Waals surface area contributed by atoms with Crippen molar-refractivity contribution in [2.24, 2.45) is 5.84 Å². The van der Waals surface area contributed by atoms with Crippen LogP contribution < -0.4 is 16.6 Å². The van der Waals surface area contributed by atoms with Crippen LogP contribution in [0, 0.1) is 11.8 Å². The number of amides is 2. The van der Waals surface area contributed by atoms with Gasteiger partial charge in [-0.25, -0.2) is 5.84 Å². The second-order valence-corrected chi connectivity index (χ2v) is 5.39. The van der Waals surface area contributed by atoms with Gasteiger partial charge in [0.15, 0.2) is 0 Å². The van der Waals surface area contributed by atoms with Crippen molar-refractivity contribution in [2.45, 2.75) is 19.1 Å². The average Bonchev–Trinajstić information content (AvgIpc) is 2.64. The molecule has 2 aromatic carbocycles. The maximum Gasteiger partial charge on any atom is 0.259 e. The summed E-state index contributed by atoms with van der Waals surface area (Å²) in [5.41, 5.74) is 3.92. The van der Waals surface area contributed by atoms with Crippen molar-refractivity contribution in [3.05, 3.63) is 71.3 Å². The first-order valence-corrected chi connectivity index (χ1v) is 7.68. The number of hydrogen-bond donors (Lipinski definition) is 4. The van der Waals surface area contributed by atoms with Crippen LogP contribution >= 0.6 is 0 Å².